The van der Waals surface area contributed by atoms with E-state index < -0.39 is 0 Å². The fourth-order valence-electron chi connectivity index (χ4n) is 0.680. The van der Waals surface area contributed by atoms with Gasteiger partial charge in [-0.05, 0) is 6.07 Å². The van der Waals surface area contributed by atoms with Gasteiger partial charge in [-0.25, -0.2) is 0 Å². The molecular weight excluding hydrogens is 128 g/mol. The molecule has 1 rings (SSSR count). The minimum Gasteiger partial charge on any atom is -0.385 e. The van der Waals surface area contributed by atoms with Crippen molar-refractivity contribution in [2.24, 2.45) is 0 Å². The lowest BCUT2D eigenvalue weighted by atomic mass is 10.2. The highest BCUT2D eigenvalue weighted by Crippen LogP contribution is 2.04. The number of rotatable bonds is 1. The van der Waals surface area contributed by atoms with E-state index in [1.165, 1.54) is 6.07 Å². The first-order valence-corrected chi connectivity index (χ1v) is 2.85. The summed E-state index contributed by atoms with van der Waals surface area (Å²) in [6.07, 6.45) is 1.59. The maximum absolute atomic E-state index is 10.6. The molecule has 0 saturated heterocycles. The number of anilines is 1. The molecule has 0 unspecified atom stereocenters. The van der Waals surface area contributed by atoms with E-state index in [0.29, 0.717) is 5.82 Å². The Hall–Kier alpha value is -1.51. The van der Waals surface area contributed by atoms with Crippen LogP contribution in [0.15, 0.2) is 23.5 Å². The third-order valence-corrected chi connectivity index (χ3v) is 1.20. The van der Waals surface area contributed by atoms with E-state index in [2.05, 4.69) is 11.6 Å². The molecule has 0 aliphatic rings. The summed E-state index contributed by atoms with van der Waals surface area (Å²) in [5.74, 6) is 0.363. The van der Waals surface area contributed by atoms with Crippen LogP contribution in [-0.2, 0) is 0 Å². The molecular formula is C7H8N2O. The molecule has 0 bridgehead atoms. The SMILES string of the molecule is C=Cc1ccc(=O)[nH]c1N. The molecule has 3 N–H and O–H groups in total. The molecule has 52 valence electrons. The van der Waals surface area contributed by atoms with Gasteiger partial charge < -0.3 is 10.7 Å². The largest absolute Gasteiger partial charge is 0.385 e. The molecule has 0 aromatic carbocycles. The smallest absolute Gasteiger partial charge is 0.249 e. The van der Waals surface area contributed by atoms with Crippen LogP contribution >= 0.6 is 0 Å². The molecule has 0 aliphatic heterocycles. The van der Waals surface area contributed by atoms with Crippen LogP contribution in [0.3, 0.4) is 0 Å². The van der Waals surface area contributed by atoms with Crippen molar-refractivity contribution in [1.82, 2.24) is 4.98 Å². The van der Waals surface area contributed by atoms with Crippen LogP contribution in [0.4, 0.5) is 5.82 Å². The van der Waals surface area contributed by atoms with Gasteiger partial charge in [-0.1, -0.05) is 12.7 Å². The van der Waals surface area contributed by atoms with Crippen molar-refractivity contribution in [3.05, 3.63) is 34.6 Å². The Morgan fingerprint density at radius 2 is 2.30 bits per heavy atom. The number of nitrogens with two attached hydrogens (primary N) is 1. The van der Waals surface area contributed by atoms with Crippen molar-refractivity contribution in [2.45, 2.75) is 0 Å². The Bertz CT molecular complexity index is 301. The zero-order valence-electron chi connectivity index (χ0n) is 5.42. The predicted molar refractivity (Wildman–Crippen MR) is 41.6 cm³/mol. The van der Waals surface area contributed by atoms with Crippen molar-refractivity contribution in [3.63, 3.8) is 0 Å². The van der Waals surface area contributed by atoms with Crippen LogP contribution in [0.5, 0.6) is 0 Å². The van der Waals surface area contributed by atoms with E-state index in [9.17, 15) is 4.79 Å². The molecule has 0 fully saturated rings. The summed E-state index contributed by atoms with van der Waals surface area (Å²) in [7, 11) is 0. The summed E-state index contributed by atoms with van der Waals surface area (Å²) < 4.78 is 0. The number of pyridine rings is 1. The summed E-state index contributed by atoms with van der Waals surface area (Å²) in [5, 5.41) is 0. The molecule has 1 aromatic rings. The Labute approximate surface area is 58.2 Å². The zero-order chi connectivity index (χ0) is 7.56. The van der Waals surface area contributed by atoms with E-state index in [0.717, 1.165) is 5.56 Å². The molecule has 0 aliphatic carbocycles. The highest BCUT2D eigenvalue weighted by Gasteiger charge is 1.91. The Morgan fingerprint density at radius 3 is 2.80 bits per heavy atom. The summed E-state index contributed by atoms with van der Waals surface area (Å²) in [5.41, 5.74) is 5.96. The first-order valence-electron chi connectivity index (χ1n) is 2.85. The Kier molecular flexibility index (Phi) is 1.58. The third-order valence-electron chi connectivity index (χ3n) is 1.20. The minimum absolute atomic E-state index is 0.192. The summed E-state index contributed by atoms with van der Waals surface area (Å²) >= 11 is 0. The molecule has 1 aromatic heterocycles. The van der Waals surface area contributed by atoms with Gasteiger partial charge in [0, 0.05) is 11.6 Å². The van der Waals surface area contributed by atoms with Gasteiger partial charge in [0.25, 0.3) is 0 Å². The molecule has 10 heavy (non-hydrogen) atoms. The van der Waals surface area contributed by atoms with E-state index in [1.807, 2.05) is 0 Å². The van der Waals surface area contributed by atoms with Crippen LogP contribution in [0.25, 0.3) is 6.08 Å². The summed E-state index contributed by atoms with van der Waals surface area (Å²) in [6.45, 7) is 3.52. The van der Waals surface area contributed by atoms with Gasteiger partial charge in [0.1, 0.15) is 5.82 Å². The molecule has 1 heterocycles. The summed E-state index contributed by atoms with van der Waals surface area (Å²) in [6, 6.07) is 3.04. The molecule has 3 heteroatoms. The van der Waals surface area contributed by atoms with Gasteiger partial charge in [-0.3, -0.25) is 4.79 Å². The number of aromatic amines is 1. The standard InChI is InChI=1S/C7H8N2O/c1-2-5-3-4-6(10)9-7(5)8/h2-4H,1H2,(H3,8,9,10). The van der Waals surface area contributed by atoms with E-state index >= 15 is 0 Å². The number of aromatic nitrogens is 1. The summed E-state index contributed by atoms with van der Waals surface area (Å²) in [4.78, 5) is 13.0. The second-order valence-electron chi connectivity index (χ2n) is 1.90. The van der Waals surface area contributed by atoms with E-state index in [4.69, 9.17) is 5.73 Å². The number of hydrogen-bond donors (Lipinski definition) is 2. The van der Waals surface area contributed by atoms with Gasteiger partial charge >= 0.3 is 0 Å². The second kappa shape index (κ2) is 2.39. The maximum Gasteiger partial charge on any atom is 0.249 e. The van der Waals surface area contributed by atoms with E-state index in [-0.39, 0.29) is 5.56 Å². The molecule has 0 saturated carbocycles. The van der Waals surface area contributed by atoms with Crippen LogP contribution < -0.4 is 11.3 Å². The minimum atomic E-state index is -0.192. The van der Waals surface area contributed by atoms with Gasteiger partial charge in [0.15, 0.2) is 0 Å². The molecule has 3 nitrogen and oxygen atoms in total. The number of nitrogens with one attached hydrogen (secondary N) is 1. The van der Waals surface area contributed by atoms with Crippen LogP contribution in [0, 0.1) is 0 Å². The van der Waals surface area contributed by atoms with Gasteiger partial charge in [-0.15, -0.1) is 0 Å². The Morgan fingerprint density at radius 1 is 1.60 bits per heavy atom. The van der Waals surface area contributed by atoms with Crippen molar-refractivity contribution < 1.29 is 0 Å². The average Bonchev–Trinajstić information content (AvgIpc) is 1.88. The average molecular weight is 136 g/mol. The van der Waals surface area contributed by atoms with E-state index in [1.54, 1.807) is 12.1 Å². The van der Waals surface area contributed by atoms with Crippen LogP contribution in [0.2, 0.25) is 0 Å². The normalized spacial score (nSPS) is 9.20. The fourth-order valence-corrected chi connectivity index (χ4v) is 0.680. The number of hydrogen-bond acceptors (Lipinski definition) is 2. The van der Waals surface area contributed by atoms with Crippen LogP contribution in [0.1, 0.15) is 5.56 Å². The number of H-pyrrole nitrogens is 1. The predicted octanol–water partition coefficient (Wildman–Crippen LogP) is 0.600. The van der Waals surface area contributed by atoms with Crippen molar-refractivity contribution in [1.29, 1.82) is 0 Å². The quantitative estimate of drug-likeness (QED) is 0.594. The monoisotopic (exact) mass is 136 g/mol. The Balaban J connectivity index is 3.32. The maximum atomic E-state index is 10.6. The lowest BCUT2D eigenvalue weighted by molar-refractivity contribution is 1.24. The number of nitrogen functional groups attached to an aromatic ring is 1. The molecule has 0 spiro atoms. The van der Waals surface area contributed by atoms with Crippen molar-refractivity contribution in [2.75, 3.05) is 5.73 Å². The van der Waals surface area contributed by atoms with Gasteiger partial charge in [0.2, 0.25) is 5.56 Å². The fraction of sp³-hybridized carbons (Fsp3) is 0. The van der Waals surface area contributed by atoms with Crippen molar-refractivity contribution in [3.8, 4) is 0 Å². The first kappa shape index (κ1) is 6.61. The van der Waals surface area contributed by atoms with Crippen molar-refractivity contribution >= 4 is 11.9 Å². The lowest BCUT2D eigenvalue weighted by Gasteiger charge is -1.95. The molecule has 0 atom stereocenters. The van der Waals surface area contributed by atoms with Gasteiger partial charge in [-0.2, -0.15) is 0 Å². The lowest BCUT2D eigenvalue weighted by Crippen LogP contribution is -2.07. The van der Waals surface area contributed by atoms with Crippen LogP contribution in [-0.4, -0.2) is 4.98 Å². The highest BCUT2D eigenvalue weighted by molar-refractivity contribution is 5.58. The third kappa shape index (κ3) is 1.07. The molecule has 0 amide bonds. The topological polar surface area (TPSA) is 58.9 Å². The first-order chi connectivity index (χ1) is 4.74. The second-order valence-corrected chi connectivity index (χ2v) is 1.90. The zero-order valence-corrected chi connectivity index (χ0v) is 5.42. The highest BCUT2D eigenvalue weighted by atomic mass is 16.1. The van der Waals surface area contributed by atoms with Gasteiger partial charge in [0.05, 0.1) is 0 Å². The molecule has 0 radical (unpaired) electrons.